The predicted octanol–water partition coefficient (Wildman–Crippen LogP) is 3.94. The number of morpholine rings is 1. The highest BCUT2D eigenvalue weighted by atomic mass is 16.5. The number of fused-ring (bicyclic) bond motifs is 5. The maximum absolute atomic E-state index is 6.16. The average molecular weight is 345 g/mol. The first-order valence-electron chi connectivity index (χ1n) is 9.53. The van der Waals surface area contributed by atoms with E-state index in [-0.39, 0.29) is 12.1 Å². The van der Waals surface area contributed by atoms with E-state index >= 15 is 0 Å². The molecule has 2 radical (unpaired) electrons. The zero-order valence-electron chi connectivity index (χ0n) is 15.3. The summed E-state index contributed by atoms with van der Waals surface area (Å²) in [5.41, 5.74) is 6.53. The van der Waals surface area contributed by atoms with Crippen LogP contribution in [0.5, 0.6) is 0 Å². The van der Waals surface area contributed by atoms with Crippen LogP contribution in [0.3, 0.4) is 0 Å². The quantitative estimate of drug-likeness (QED) is 0.843. The molecule has 3 aliphatic rings. The number of anilines is 1. The van der Waals surface area contributed by atoms with Crippen molar-refractivity contribution in [2.24, 2.45) is 5.10 Å². The van der Waals surface area contributed by atoms with Crippen LogP contribution in [-0.2, 0) is 24.0 Å². The van der Waals surface area contributed by atoms with Gasteiger partial charge in [-0.3, -0.25) is 0 Å². The van der Waals surface area contributed by atoms with Crippen LogP contribution >= 0.6 is 0 Å². The standard InChI is InChI=1S/C22H23N3O/c1-3-15-9-7-10-16(4-2)21(15)25-14-24-20(23-25)13-26-19-12-17-8-5-6-11-18(17)22(19)24/h5-11,19,22H,3-4,12-13H2,1-2H3/t19-,22+/m1/s1. The molecule has 4 heteroatoms. The molecule has 2 atom stereocenters. The lowest BCUT2D eigenvalue weighted by Gasteiger charge is -2.35. The van der Waals surface area contributed by atoms with Crippen LogP contribution in [-0.4, -0.2) is 23.4 Å². The van der Waals surface area contributed by atoms with Crippen molar-refractivity contribution in [2.45, 2.75) is 45.3 Å². The Balaban J connectivity index is 1.52. The molecule has 1 fully saturated rings. The zero-order valence-corrected chi connectivity index (χ0v) is 15.3. The summed E-state index contributed by atoms with van der Waals surface area (Å²) in [5, 5.41) is 6.83. The Bertz CT molecular complexity index is 853. The number of ether oxygens (including phenoxy) is 1. The first-order valence-corrected chi connectivity index (χ1v) is 9.53. The molecule has 5 rings (SSSR count). The van der Waals surface area contributed by atoms with Gasteiger partial charge >= 0.3 is 0 Å². The summed E-state index contributed by atoms with van der Waals surface area (Å²) in [6, 6.07) is 15.4. The first-order chi connectivity index (χ1) is 12.8. The van der Waals surface area contributed by atoms with Crippen molar-refractivity contribution in [1.82, 2.24) is 4.90 Å². The minimum atomic E-state index is 0.183. The molecule has 1 aliphatic carbocycles. The molecule has 4 nitrogen and oxygen atoms in total. The van der Waals surface area contributed by atoms with E-state index in [1.165, 1.54) is 27.9 Å². The minimum absolute atomic E-state index is 0.183. The molecule has 0 bridgehead atoms. The Kier molecular flexibility index (Phi) is 3.75. The van der Waals surface area contributed by atoms with Crippen molar-refractivity contribution >= 4 is 11.5 Å². The van der Waals surface area contributed by atoms with Gasteiger partial charge in [0, 0.05) is 6.42 Å². The van der Waals surface area contributed by atoms with Crippen molar-refractivity contribution in [3.05, 3.63) is 71.4 Å². The molecule has 2 aromatic carbocycles. The third-order valence-electron chi connectivity index (χ3n) is 5.72. The average Bonchev–Trinajstić information content (AvgIpc) is 3.27. The molecule has 2 aliphatic heterocycles. The molecule has 2 aromatic rings. The summed E-state index contributed by atoms with van der Waals surface area (Å²) in [5.74, 6) is 0.955. The van der Waals surface area contributed by atoms with Gasteiger partial charge in [-0.2, -0.15) is 5.10 Å². The Hall–Kier alpha value is -2.33. The third kappa shape index (κ3) is 2.28. The van der Waals surface area contributed by atoms with Gasteiger partial charge < -0.3 is 9.64 Å². The van der Waals surface area contributed by atoms with Gasteiger partial charge in [0.15, 0.2) is 5.84 Å². The van der Waals surface area contributed by atoms with E-state index in [4.69, 9.17) is 9.84 Å². The van der Waals surface area contributed by atoms with Gasteiger partial charge in [-0.25, -0.2) is 5.01 Å². The van der Waals surface area contributed by atoms with Crippen molar-refractivity contribution in [3.63, 3.8) is 0 Å². The van der Waals surface area contributed by atoms with Gasteiger partial charge in [-0.1, -0.05) is 56.3 Å². The highest BCUT2D eigenvalue weighted by Gasteiger charge is 2.46. The molecule has 0 saturated carbocycles. The third-order valence-corrected chi connectivity index (χ3v) is 5.72. The summed E-state index contributed by atoms with van der Waals surface area (Å²) < 4.78 is 6.16. The van der Waals surface area contributed by atoms with Crippen LogP contribution in [0.4, 0.5) is 5.69 Å². The van der Waals surface area contributed by atoms with Gasteiger partial charge in [-0.15, -0.1) is 0 Å². The first kappa shape index (κ1) is 15.9. The number of nitrogens with zero attached hydrogens (tertiary/aromatic N) is 3. The highest BCUT2D eigenvalue weighted by molar-refractivity contribution is 5.89. The summed E-state index contributed by atoms with van der Waals surface area (Å²) in [4.78, 5) is 2.21. The normalized spacial score (nSPS) is 23.5. The second-order valence-electron chi connectivity index (χ2n) is 7.13. The minimum Gasteiger partial charge on any atom is -0.367 e. The van der Waals surface area contributed by atoms with Crippen molar-refractivity contribution in [3.8, 4) is 0 Å². The number of amidine groups is 1. The van der Waals surface area contributed by atoms with E-state index in [2.05, 4.69) is 67.9 Å². The molecule has 0 amide bonds. The topological polar surface area (TPSA) is 28.1 Å². The Morgan fingerprint density at radius 1 is 1.08 bits per heavy atom. The fourth-order valence-electron chi connectivity index (χ4n) is 4.43. The summed E-state index contributed by atoms with van der Waals surface area (Å²) in [6.45, 7) is 8.50. The fraction of sp³-hybridized carbons (Fsp3) is 0.364. The van der Waals surface area contributed by atoms with Crippen LogP contribution in [0.1, 0.15) is 42.1 Å². The van der Waals surface area contributed by atoms with E-state index < -0.39 is 0 Å². The maximum Gasteiger partial charge on any atom is 0.233 e. The van der Waals surface area contributed by atoms with Crippen LogP contribution in [0.25, 0.3) is 0 Å². The number of rotatable bonds is 3. The Labute approximate surface area is 155 Å². The lowest BCUT2D eigenvalue weighted by atomic mass is 10.0. The summed E-state index contributed by atoms with van der Waals surface area (Å²) in [7, 11) is 0. The van der Waals surface area contributed by atoms with Gasteiger partial charge in [0.25, 0.3) is 0 Å². The fourth-order valence-corrected chi connectivity index (χ4v) is 4.43. The van der Waals surface area contributed by atoms with Gasteiger partial charge in [0.05, 0.1) is 17.8 Å². The van der Waals surface area contributed by atoms with Gasteiger partial charge in [-0.05, 0) is 35.1 Å². The molecule has 2 heterocycles. The van der Waals surface area contributed by atoms with Crippen LogP contribution in [0.15, 0.2) is 47.6 Å². The summed E-state index contributed by atoms with van der Waals surface area (Å²) in [6.07, 6.45) is 3.12. The molecule has 0 aromatic heterocycles. The van der Waals surface area contributed by atoms with Crippen LogP contribution < -0.4 is 5.01 Å². The molecule has 132 valence electrons. The second kappa shape index (κ2) is 6.13. The number of para-hydroxylation sites is 1. The number of aryl methyl sites for hydroxylation is 2. The monoisotopic (exact) mass is 345 g/mol. The maximum atomic E-state index is 6.16. The van der Waals surface area contributed by atoms with E-state index in [0.29, 0.717) is 6.61 Å². The van der Waals surface area contributed by atoms with Crippen LogP contribution in [0, 0.1) is 6.67 Å². The number of hydrazone groups is 1. The molecule has 0 N–H and O–H groups in total. The predicted molar refractivity (Wildman–Crippen MR) is 103 cm³/mol. The number of benzene rings is 2. The van der Waals surface area contributed by atoms with E-state index in [9.17, 15) is 0 Å². The molecule has 0 unspecified atom stereocenters. The van der Waals surface area contributed by atoms with E-state index in [1.807, 2.05) is 5.01 Å². The highest BCUT2D eigenvalue weighted by Crippen LogP contribution is 2.44. The van der Waals surface area contributed by atoms with Crippen molar-refractivity contribution < 1.29 is 4.74 Å². The molecular weight excluding hydrogens is 322 g/mol. The number of hydrogen-bond acceptors (Lipinski definition) is 4. The zero-order chi connectivity index (χ0) is 17.7. The molecular formula is C22H23N3O. The SMILES string of the molecule is CCc1cccc(CC)c1N1[C]N2C(=N1)CO[C@@H]1Cc3ccccc3[C@@H]12. The van der Waals surface area contributed by atoms with Gasteiger partial charge in [0.2, 0.25) is 6.67 Å². The van der Waals surface area contributed by atoms with Crippen molar-refractivity contribution in [1.29, 1.82) is 0 Å². The van der Waals surface area contributed by atoms with Crippen LogP contribution in [0.2, 0.25) is 0 Å². The second-order valence-corrected chi connectivity index (χ2v) is 7.13. The van der Waals surface area contributed by atoms with E-state index in [1.54, 1.807) is 0 Å². The molecule has 0 spiro atoms. The Morgan fingerprint density at radius 2 is 1.85 bits per heavy atom. The molecule has 1 saturated heterocycles. The lowest BCUT2D eigenvalue weighted by molar-refractivity contribution is 0.0119. The largest absolute Gasteiger partial charge is 0.367 e. The Morgan fingerprint density at radius 3 is 2.62 bits per heavy atom. The van der Waals surface area contributed by atoms with Crippen molar-refractivity contribution in [2.75, 3.05) is 11.6 Å². The number of hydrogen-bond donors (Lipinski definition) is 0. The van der Waals surface area contributed by atoms with Gasteiger partial charge in [0.1, 0.15) is 6.61 Å². The molecule has 26 heavy (non-hydrogen) atoms. The lowest BCUT2D eigenvalue weighted by Crippen LogP contribution is -2.44. The smallest absolute Gasteiger partial charge is 0.233 e. The van der Waals surface area contributed by atoms with E-state index in [0.717, 1.165) is 25.1 Å². The summed E-state index contributed by atoms with van der Waals surface area (Å²) >= 11 is 0.